The number of benzene rings is 1. The summed E-state index contributed by atoms with van der Waals surface area (Å²) < 4.78 is 1.93. The highest BCUT2D eigenvalue weighted by Gasteiger charge is 2.36. The molecule has 108 valence electrons. The summed E-state index contributed by atoms with van der Waals surface area (Å²) in [5, 5.41) is 0.825. The highest BCUT2D eigenvalue weighted by molar-refractivity contribution is 6.31. The third-order valence-corrected chi connectivity index (χ3v) is 4.21. The van der Waals surface area contributed by atoms with Gasteiger partial charge in [0.05, 0.1) is 11.1 Å². The summed E-state index contributed by atoms with van der Waals surface area (Å²) in [6.45, 7) is 4.49. The number of fused-ring (bicyclic) bond motifs is 4. The molecule has 0 radical (unpaired) electrons. The zero-order valence-corrected chi connectivity index (χ0v) is 12.4. The molecule has 0 amide bonds. The maximum Gasteiger partial charge on any atom is 0.215 e. The molecule has 0 fully saturated rings. The monoisotopic (exact) mass is 290 g/mol. The van der Waals surface area contributed by atoms with Gasteiger partial charge in [-0.25, -0.2) is 0 Å². The van der Waals surface area contributed by atoms with Crippen LogP contribution in [0.1, 0.15) is 44.6 Å². The normalized spacial score (nSPS) is 13.4. The molecule has 1 aromatic carbocycles. The average Bonchev–Trinajstić information content (AvgIpc) is 2.87. The van der Waals surface area contributed by atoms with Gasteiger partial charge in [0, 0.05) is 23.6 Å². The molecule has 0 saturated heterocycles. The van der Waals surface area contributed by atoms with Gasteiger partial charge in [0.25, 0.3) is 0 Å². The van der Waals surface area contributed by atoms with Crippen molar-refractivity contribution in [1.82, 2.24) is 9.55 Å². The zero-order chi connectivity index (χ0) is 15.4. The van der Waals surface area contributed by atoms with Gasteiger partial charge in [-0.3, -0.25) is 14.6 Å². The first-order valence-corrected chi connectivity index (χ1v) is 7.30. The lowest BCUT2D eigenvalue weighted by Crippen LogP contribution is -2.24. The number of aromatic nitrogens is 2. The maximum absolute atomic E-state index is 12.9. The quantitative estimate of drug-likeness (QED) is 0.541. The molecule has 4 heteroatoms. The summed E-state index contributed by atoms with van der Waals surface area (Å²) in [5.74, 6) is -0.271. The molecule has 0 atom stereocenters. The van der Waals surface area contributed by atoms with Gasteiger partial charge in [-0.05, 0) is 31.5 Å². The fraction of sp³-hybridized carbons (Fsp3) is 0.167. The number of para-hydroxylation sites is 1. The van der Waals surface area contributed by atoms with Crippen LogP contribution in [0.3, 0.4) is 0 Å². The number of aryl methyl sites for hydroxylation is 2. The molecule has 0 unspecified atom stereocenters. The summed E-state index contributed by atoms with van der Waals surface area (Å²) in [6.07, 6.45) is 1.63. The molecule has 0 bridgehead atoms. The SMILES string of the molecule is CCn1c2c(c3ccccc31)C(=O)c1ncc(C)cc1C2=O. The van der Waals surface area contributed by atoms with E-state index in [2.05, 4.69) is 4.98 Å². The molecule has 1 aliphatic carbocycles. The Balaban J connectivity index is 2.15. The molecule has 22 heavy (non-hydrogen) atoms. The van der Waals surface area contributed by atoms with Crippen LogP contribution in [-0.4, -0.2) is 21.1 Å². The van der Waals surface area contributed by atoms with Gasteiger partial charge in [0.15, 0.2) is 0 Å². The Morgan fingerprint density at radius 1 is 1.14 bits per heavy atom. The van der Waals surface area contributed by atoms with Crippen molar-refractivity contribution in [3.05, 3.63) is 64.6 Å². The number of hydrogen-bond acceptors (Lipinski definition) is 3. The third kappa shape index (κ3) is 1.49. The lowest BCUT2D eigenvalue weighted by atomic mass is 9.89. The van der Waals surface area contributed by atoms with E-state index >= 15 is 0 Å². The molecule has 0 spiro atoms. The van der Waals surface area contributed by atoms with Crippen molar-refractivity contribution < 1.29 is 9.59 Å². The second-order valence-electron chi connectivity index (χ2n) is 5.55. The van der Waals surface area contributed by atoms with Crippen molar-refractivity contribution in [3.8, 4) is 0 Å². The van der Waals surface area contributed by atoms with Gasteiger partial charge < -0.3 is 4.57 Å². The molecule has 4 rings (SSSR count). The van der Waals surface area contributed by atoms with Crippen LogP contribution in [0.5, 0.6) is 0 Å². The number of ketones is 2. The van der Waals surface area contributed by atoms with Crippen molar-refractivity contribution in [2.75, 3.05) is 0 Å². The lowest BCUT2D eigenvalue weighted by molar-refractivity contribution is 0.0971. The number of pyridine rings is 1. The summed E-state index contributed by atoms with van der Waals surface area (Å²) in [7, 11) is 0. The van der Waals surface area contributed by atoms with E-state index in [1.807, 2.05) is 42.7 Å². The van der Waals surface area contributed by atoms with E-state index in [9.17, 15) is 9.59 Å². The Morgan fingerprint density at radius 2 is 1.91 bits per heavy atom. The standard InChI is InChI=1S/C18H14N2O2/c1-3-20-13-7-5-4-6-11(13)14-16(20)17(21)12-8-10(2)9-19-15(12)18(14)22/h4-9H,3H2,1-2H3. The molecule has 4 nitrogen and oxygen atoms in total. The van der Waals surface area contributed by atoms with E-state index in [0.29, 0.717) is 23.4 Å². The largest absolute Gasteiger partial charge is 0.337 e. The summed E-state index contributed by atoms with van der Waals surface area (Å²) in [5.41, 5.74) is 3.46. The Bertz CT molecular complexity index is 967. The fourth-order valence-electron chi connectivity index (χ4n) is 3.27. The second kappa shape index (κ2) is 4.37. The maximum atomic E-state index is 12.9. The number of nitrogens with zero attached hydrogens (tertiary/aromatic N) is 2. The van der Waals surface area contributed by atoms with Gasteiger partial charge in [-0.1, -0.05) is 18.2 Å². The topological polar surface area (TPSA) is 52.0 Å². The predicted molar refractivity (Wildman–Crippen MR) is 83.5 cm³/mol. The summed E-state index contributed by atoms with van der Waals surface area (Å²) in [4.78, 5) is 30.0. The van der Waals surface area contributed by atoms with Crippen LogP contribution in [-0.2, 0) is 6.54 Å². The van der Waals surface area contributed by atoms with Crippen LogP contribution in [0.4, 0.5) is 0 Å². The molecule has 2 heterocycles. The average molecular weight is 290 g/mol. The number of carbonyl (C=O) groups excluding carboxylic acids is 2. The predicted octanol–water partition coefficient (Wildman–Crippen LogP) is 3.14. The van der Waals surface area contributed by atoms with Crippen molar-refractivity contribution in [1.29, 1.82) is 0 Å². The molecule has 0 aliphatic heterocycles. The molecule has 1 aliphatic rings. The Hall–Kier alpha value is -2.75. The molecular weight excluding hydrogens is 276 g/mol. The summed E-state index contributed by atoms with van der Waals surface area (Å²) >= 11 is 0. The molecular formula is C18H14N2O2. The van der Waals surface area contributed by atoms with Crippen molar-refractivity contribution >= 4 is 22.5 Å². The Kier molecular flexibility index (Phi) is 2.57. The Morgan fingerprint density at radius 3 is 2.68 bits per heavy atom. The van der Waals surface area contributed by atoms with Gasteiger partial charge in [-0.15, -0.1) is 0 Å². The minimum atomic E-state index is -0.159. The molecule has 0 N–H and O–H groups in total. The molecule has 0 saturated carbocycles. The summed E-state index contributed by atoms with van der Waals surface area (Å²) in [6, 6.07) is 9.40. The van der Waals surface area contributed by atoms with Gasteiger partial charge >= 0.3 is 0 Å². The van der Waals surface area contributed by atoms with Crippen molar-refractivity contribution in [3.63, 3.8) is 0 Å². The molecule has 2 aromatic heterocycles. The lowest BCUT2D eigenvalue weighted by Gasteiger charge is -2.16. The van der Waals surface area contributed by atoms with Crippen molar-refractivity contribution in [2.45, 2.75) is 20.4 Å². The van der Waals surface area contributed by atoms with E-state index in [4.69, 9.17) is 0 Å². The Labute approximate surface area is 127 Å². The van der Waals surface area contributed by atoms with Crippen LogP contribution in [0.15, 0.2) is 36.5 Å². The van der Waals surface area contributed by atoms with Gasteiger partial charge in [0.1, 0.15) is 11.4 Å². The smallest absolute Gasteiger partial charge is 0.215 e. The van der Waals surface area contributed by atoms with Gasteiger partial charge in [0.2, 0.25) is 11.6 Å². The number of rotatable bonds is 1. The molecule has 3 aromatic rings. The van der Waals surface area contributed by atoms with Crippen molar-refractivity contribution in [2.24, 2.45) is 0 Å². The first-order valence-electron chi connectivity index (χ1n) is 7.30. The van der Waals surface area contributed by atoms with Crippen LogP contribution in [0.25, 0.3) is 10.9 Å². The minimum absolute atomic E-state index is 0.112. The fourth-order valence-corrected chi connectivity index (χ4v) is 3.27. The van der Waals surface area contributed by atoms with E-state index in [-0.39, 0.29) is 17.3 Å². The van der Waals surface area contributed by atoms with Gasteiger partial charge in [-0.2, -0.15) is 0 Å². The first-order chi connectivity index (χ1) is 10.6. The van der Waals surface area contributed by atoms with E-state index in [1.165, 1.54) is 0 Å². The van der Waals surface area contributed by atoms with Crippen LogP contribution in [0.2, 0.25) is 0 Å². The second-order valence-corrected chi connectivity index (χ2v) is 5.55. The van der Waals surface area contributed by atoms with Crippen LogP contribution >= 0.6 is 0 Å². The highest BCUT2D eigenvalue weighted by atomic mass is 16.1. The van der Waals surface area contributed by atoms with E-state index < -0.39 is 0 Å². The van der Waals surface area contributed by atoms with Crippen LogP contribution < -0.4 is 0 Å². The number of hydrogen-bond donors (Lipinski definition) is 0. The third-order valence-electron chi connectivity index (χ3n) is 4.21. The van der Waals surface area contributed by atoms with E-state index in [0.717, 1.165) is 16.5 Å². The highest BCUT2D eigenvalue weighted by Crippen LogP contribution is 2.34. The minimum Gasteiger partial charge on any atom is -0.337 e. The van der Waals surface area contributed by atoms with Crippen LogP contribution in [0, 0.1) is 6.92 Å². The first kappa shape index (κ1) is 13.0. The number of carbonyl (C=O) groups is 2. The van der Waals surface area contributed by atoms with E-state index in [1.54, 1.807) is 12.3 Å². The zero-order valence-electron chi connectivity index (χ0n) is 12.4.